The summed E-state index contributed by atoms with van der Waals surface area (Å²) < 4.78 is 27.6. The van der Waals surface area contributed by atoms with Crippen LogP contribution >= 0.6 is 39.5 Å². The molecule has 0 radical (unpaired) electrons. The van der Waals surface area contributed by atoms with E-state index in [2.05, 4.69) is 20.7 Å². The van der Waals surface area contributed by atoms with E-state index in [-0.39, 0.29) is 0 Å². The van der Waals surface area contributed by atoms with Crippen molar-refractivity contribution in [1.82, 2.24) is 4.72 Å². The number of halogens is 1. The molecule has 18 heavy (non-hydrogen) atoms. The van der Waals surface area contributed by atoms with Crippen LogP contribution in [0.3, 0.4) is 0 Å². The topological polar surface area (TPSA) is 46.2 Å². The Balaban J connectivity index is 2.01. The maximum Gasteiger partial charge on any atom is 0.241 e. The maximum absolute atomic E-state index is 12.1. The molecule has 1 fully saturated rings. The Kier molecular flexibility index (Phi) is 5.44. The van der Waals surface area contributed by atoms with Gasteiger partial charge in [-0.05, 0) is 28.1 Å². The van der Waals surface area contributed by atoms with Crippen LogP contribution in [0.15, 0.2) is 33.6 Å². The summed E-state index contributed by atoms with van der Waals surface area (Å²) >= 11 is 7.00. The molecule has 1 heterocycles. The van der Waals surface area contributed by atoms with Crippen LogP contribution in [0.5, 0.6) is 0 Å². The van der Waals surface area contributed by atoms with Gasteiger partial charge in [0, 0.05) is 33.5 Å². The van der Waals surface area contributed by atoms with Crippen LogP contribution in [0.2, 0.25) is 0 Å². The van der Waals surface area contributed by atoms with E-state index in [9.17, 15) is 8.42 Å². The maximum atomic E-state index is 12.1. The van der Waals surface area contributed by atoms with Crippen LogP contribution in [0, 0.1) is 0 Å². The van der Waals surface area contributed by atoms with Crippen molar-refractivity contribution >= 4 is 49.5 Å². The molecule has 1 atom stereocenters. The van der Waals surface area contributed by atoms with Gasteiger partial charge in [-0.1, -0.05) is 12.1 Å². The zero-order valence-electron chi connectivity index (χ0n) is 9.63. The number of hydrogen-bond donors (Lipinski definition) is 1. The first kappa shape index (κ1) is 14.7. The van der Waals surface area contributed by atoms with E-state index in [1.54, 1.807) is 24.3 Å². The van der Waals surface area contributed by atoms with Crippen molar-refractivity contribution in [3.8, 4) is 0 Å². The van der Waals surface area contributed by atoms with Gasteiger partial charge in [0.1, 0.15) is 0 Å². The normalized spacial score (nSPS) is 20.8. The first-order chi connectivity index (χ1) is 8.59. The second-order valence-electron chi connectivity index (χ2n) is 3.85. The van der Waals surface area contributed by atoms with Crippen molar-refractivity contribution in [2.24, 2.45) is 0 Å². The highest BCUT2D eigenvalue weighted by Crippen LogP contribution is 2.25. The van der Waals surface area contributed by atoms with Gasteiger partial charge in [0.2, 0.25) is 10.0 Å². The molecule has 0 bridgehead atoms. The highest BCUT2D eigenvalue weighted by atomic mass is 79.9. The minimum atomic E-state index is -3.41. The molecule has 0 aromatic heterocycles. The fourth-order valence-electron chi connectivity index (χ4n) is 1.60. The van der Waals surface area contributed by atoms with E-state index >= 15 is 0 Å². The van der Waals surface area contributed by atoms with Crippen molar-refractivity contribution < 1.29 is 8.42 Å². The number of hydrogen-bond acceptors (Lipinski definition) is 4. The van der Waals surface area contributed by atoms with Crippen LogP contribution < -0.4 is 4.72 Å². The standard InChI is InChI=1S/C11H14BrNO2S3/c12-10-3-1-2-4-11(10)18(14,15)13-7-9-8-16-5-6-17-9/h1-4,9,13H,5-8H2. The molecule has 1 aromatic rings. The second kappa shape index (κ2) is 6.65. The van der Waals surface area contributed by atoms with Crippen LogP contribution in [-0.2, 0) is 10.0 Å². The minimum Gasteiger partial charge on any atom is -0.210 e. The summed E-state index contributed by atoms with van der Waals surface area (Å²) in [6, 6.07) is 6.87. The van der Waals surface area contributed by atoms with Gasteiger partial charge < -0.3 is 0 Å². The number of sulfonamides is 1. The molecule has 0 aliphatic carbocycles. The zero-order chi connectivity index (χ0) is 13.0. The molecule has 1 aliphatic rings. The molecule has 0 amide bonds. The Morgan fingerprint density at radius 3 is 2.78 bits per heavy atom. The third-order valence-corrected chi connectivity index (χ3v) is 7.79. The average Bonchev–Trinajstić information content (AvgIpc) is 2.38. The summed E-state index contributed by atoms with van der Waals surface area (Å²) in [6.07, 6.45) is 0. The molecular formula is C11H14BrNO2S3. The zero-order valence-corrected chi connectivity index (χ0v) is 13.7. The fraction of sp³-hybridized carbons (Fsp3) is 0.455. The fourth-order valence-corrected chi connectivity index (χ4v) is 6.40. The van der Waals surface area contributed by atoms with Gasteiger partial charge in [0.05, 0.1) is 4.90 Å². The van der Waals surface area contributed by atoms with Gasteiger partial charge in [0.25, 0.3) is 0 Å². The van der Waals surface area contributed by atoms with Crippen molar-refractivity contribution in [2.75, 3.05) is 23.8 Å². The molecule has 1 aliphatic heterocycles. The van der Waals surface area contributed by atoms with E-state index in [4.69, 9.17) is 0 Å². The Labute approximate surface area is 125 Å². The SMILES string of the molecule is O=S(=O)(NCC1CSCCS1)c1ccccc1Br. The summed E-state index contributed by atoms with van der Waals surface area (Å²) in [4.78, 5) is 0.304. The second-order valence-corrected chi connectivity index (χ2v) is 9.00. The van der Waals surface area contributed by atoms with E-state index in [1.807, 2.05) is 23.5 Å². The largest absolute Gasteiger partial charge is 0.241 e. The van der Waals surface area contributed by atoms with Crippen molar-refractivity contribution in [3.05, 3.63) is 28.7 Å². The quantitative estimate of drug-likeness (QED) is 0.888. The lowest BCUT2D eigenvalue weighted by Gasteiger charge is -2.21. The third-order valence-electron chi connectivity index (χ3n) is 2.51. The molecule has 7 heteroatoms. The van der Waals surface area contributed by atoms with Crippen LogP contribution in [0.25, 0.3) is 0 Å². The third kappa shape index (κ3) is 3.90. The molecule has 0 saturated carbocycles. The van der Waals surface area contributed by atoms with Crippen molar-refractivity contribution in [2.45, 2.75) is 10.1 Å². The summed E-state index contributed by atoms with van der Waals surface area (Å²) in [5, 5.41) is 0.376. The van der Waals surface area contributed by atoms with Gasteiger partial charge in [0.15, 0.2) is 0 Å². The van der Waals surface area contributed by atoms with Crippen LogP contribution in [0.4, 0.5) is 0 Å². The first-order valence-electron chi connectivity index (χ1n) is 5.53. The molecular weight excluding hydrogens is 354 g/mol. The average molecular weight is 368 g/mol. The van der Waals surface area contributed by atoms with Gasteiger partial charge in [-0.3, -0.25) is 0 Å². The van der Waals surface area contributed by atoms with Crippen LogP contribution in [0.1, 0.15) is 0 Å². The smallest absolute Gasteiger partial charge is 0.210 e. The van der Waals surface area contributed by atoms with Gasteiger partial charge in [-0.2, -0.15) is 23.5 Å². The predicted molar refractivity (Wildman–Crippen MR) is 82.9 cm³/mol. The molecule has 2 rings (SSSR count). The Bertz CT molecular complexity index is 501. The molecule has 0 spiro atoms. The highest BCUT2D eigenvalue weighted by molar-refractivity contribution is 9.10. The van der Waals surface area contributed by atoms with Gasteiger partial charge in [-0.25, -0.2) is 13.1 Å². The molecule has 1 unspecified atom stereocenters. The van der Waals surface area contributed by atoms with E-state index in [0.717, 1.165) is 17.3 Å². The number of benzene rings is 1. The van der Waals surface area contributed by atoms with E-state index in [1.165, 1.54) is 0 Å². The summed E-state index contributed by atoms with van der Waals surface area (Å²) in [6.45, 7) is 0.501. The number of thioether (sulfide) groups is 2. The Hall–Kier alpha value is 0.310. The molecule has 1 saturated heterocycles. The van der Waals surface area contributed by atoms with E-state index in [0.29, 0.717) is 21.2 Å². The lowest BCUT2D eigenvalue weighted by atomic mass is 10.4. The summed E-state index contributed by atoms with van der Waals surface area (Å²) in [7, 11) is -3.41. The molecule has 100 valence electrons. The predicted octanol–water partition coefficient (Wildman–Crippen LogP) is 2.58. The lowest BCUT2D eigenvalue weighted by Crippen LogP contribution is -2.33. The molecule has 3 nitrogen and oxygen atoms in total. The van der Waals surface area contributed by atoms with Gasteiger partial charge in [-0.15, -0.1) is 0 Å². The Morgan fingerprint density at radius 1 is 1.33 bits per heavy atom. The lowest BCUT2D eigenvalue weighted by molar-refractivity contribution is 0.581. The number of rotatable bonds is 4. The number of nitrogens with one attached hydrogen (secondary N) is 1. The first-order valence-corrected chi connectivity index (χ1v) is 10.0. The van der Waals surface area contributed by atoms with Crippen molar-refractivity contribution in [3.63, 3.8) is 0 Å². The van der Waals surface area contributed by atoms with Crippen LogP contribution in [-0.4, -0.2) is 37.5 Å². The van der Waals surface area contributed by atoms with Gasteiger partial charge >= 0.3 is 0 Å². The summed E-state index contributed by atoms with van der Waals surface area (Å²) in [5.41, 5.74) is 0. The minimum absolute atomic E-state index is 0.304. The van der Waals surface area contributed by atoms with E-state index < -0.39 is 10.0 Å². The highest BCUT2D eigenvalue weighted by Gasteiger charge is 2.20. The molecule has 1 aromatic carbocycles. The van der Waals surface area contributed by atoms with Crippen molar-refractivity contribution in [1.29, 1.82) is 0 Å². The molecule has 1 N–H and O–H groups in total. The Morgan fingerprint density at radius 2 is 2.11 bits per heavy atom. The monoisotopic (exact) mass is 367 g/mol. The summed E-state index contributed by atoms with van der Waals surface area (Å²) in [5.74, 6) is 3.29.